The highest BCUT2D eigenvalue weighted by Gasteiger charge is 2.27. The van der Waals surface area contributed by atoms with E-state index >= 15 is 0 Å². The van der Waals surface area contributed by atoms with Gasteiger partial charge in [0.05, 0.1) is 15.5 Å². The molecule has 1 N–H and O–H groups in total. The van der Waals surface area contributed by atoms with E-state index in [9.17, 15) is 24.1 Å². The van der Waals surface area contributed by atoms with Crippen molar-refractivity contribution >= 4 is 44.9 Å². The third-order valence-electron chi connectivity index (χ3n) is 3.52. The van der Waals surface area contributed by atoms with Crippen molar-refractivity contribution < 1.29 is 28.2 Å². The van der Waals surface area contributed by atoms with Crippen LogP contribution in [0, 0.1) is 22.9 Å². The van der Waals surface area contributed by atoms with Gasteiger partial charge < -0.3 is 9.26 Å². The second kappa shape index (κ2) is 8.32. The van der Waals surface area contributed by atoms with Crippen LogP contribution < -0.4 is 5.32 Å². The van der Waals surface area contributed by atoms with Crippen LogP contribution in [0.15, 0.2) is 28.9 Å². The number of hydrogen-bond donors (Lipinski definition) is 1. The Bertz CT molecular complexity index is 1090. The van der Waals surface area contributed by atoms with Crippen LogP contribution in [-0.2, 0) is 9.53 Å². The van der Waals surface area contributed by atoms with Gasteiger partial charge in [0.2, 0.25) is 0 Å². The van der Waals surface area contributed by atoms with Crippen molar-refractivity contribution in [2.75, 3.05) is 11.9 Å². The van der Waals surface area contributed by atoms with Gasteiger partial charge in [-0.25, -0.2) is 14.2 Å². The van der Waals surface area contributed by atoms with Gasteiger partial charge in [0.15, 0.2) is 11.7 Å². The summed E-state index contributed by atoms with van der Waals surface area (Å²) in [5.41, 5.74) is -0.487. The van der Waals surface area contributed by atoms with Crippen molar-refractivity contribution in [3.05, 3.63) is 56.7 Å². The molecule has 0 saturated carbocycles. The Morgan fingerprint density at radius 3 is 2.86 bits per heavy atom. The molecule has 0 fully saturated rings. The van der Waals surface area contributed by atoms with E-state index in [1.165, 1.54) is 19.1 Å². The molecule has 29 heavy (non-hydrogen) atoms. The molecular formula is C16H10ClFN4O6S. The van der Waals surface area contributed by atoms with E-state index in [1.807, 2.05) is 0 Å². The molecule has 0 atom stereocenters. The summed E-state index contributed by atoms with van der Waals surface area (Å²) in [5, 5.41) is 16.3. The molecule has 3 rings (SSSR count). The Labute approximate surface area is 170 Å². The number of nitro groups is 1. The van der Waals surface area contributed by atoms with Crippen LogP contribution in [0.2, 0.25) is 5.02 Å². The van der Waals surface area contributed by atoms with Gasteiger partial charge in [-0.3, -0.25) is 20.2 Å². The van der Waals surface area contributed by atoms with Gasteiger partial charge in [-0.15, -0.1) is 0 Å². The lowest BCUT2D eigenvalue weighted by Gasteiger charge is -2.07. The number of rotatable bonds is 6. The summed E-state index contributed by atoms with van der Waals surface area (Å²) in [4.78, 5) is 38.0. The fourth-order valence-electron chi connectivity index (χ4n) is 2.27. The molecule has 150 valence electrons. The number of carbonyl (C=O) groups is 2. The molecule has 13 heteroatoms. The Morgan fingerprint density at radius 1 is 1.45 bits per heavy atom. The molecule has 0 unspecified atom stereocenters. The van der Waals surface area contributed by atoms with Crippen molar-refractivity contribution in [1.82, 2.24) is 10.1 Å². The molecule has 3 aromatic rings. The number of thiazole rings is 1. The van der Waals surface area contributed by atoms with Crippen molar-refractivity contribution in [1.29, 1.82) is 0 Å². The summed E-state index contributed by atoms with van der Waals surface area (Å²) in [6.45, 7) is 0.692. The van der Waals surface area contributed by atoms with Gasteiger partial charge in [0.1, 0.15) is 29.0 Å². The van der Waals surface area contributed by atoms with Gasteiger partial charge in [-0.1, -0.05) is 22.8 Å². The van der Waals surface area contributed by atoms with Crippen LogP contribution in [0.4, 0.5) is 14.5 Å². The Morgan fingerprint density at radius 2 is 2.21 bits per heavy atom. The highest BCUT2D eigenvalue weighted by atomic mass is 35.5. The largest absolute Gasteiger partial charge is 0.452 e. The fraction of sp³-hybridized carbons (Fsp3) is 0.125. The van der Waals surface area contributed by atoms with Crippen LogP contribution in [0.1, 0.15) is 16.1 Å². The Kier molecular flexibility index (Phi) is 5.84. The third-order valence-corrected chi connectivity index (χ3v) is 4.70. The first kappa shape index (κ1) is 20.4. The summed E-state index contributed by atoms with van der Waals surface area (Å²) in [6.07, 6.45) is 0.983. The number of carbonyl (C=O) groups excluding carboxylic acids is 2. The molecule has 2 heterocycles. The molecule has 1 aromatic carbocycles. The number of hydrogen-bond acceptors (Lipinski definition) is 9. The number of nitrogens with one attached hydrogen (secondary N) is 1. The molecule has 0 radical (unpaired) electrons. The lowest BCUT2D eigenvalue weighted by atomic mass is 10.1. The van der Waals surface area contributed by atoms with Gasteiger partial charge in [0.25, 0.3) is 5.91 Å². The Hall–Kier alpha value is -3.38. The number of aromatic nitrogens is 2. The standard InChI is InChI=1S/C16H10ClFN4O6S/c1-7-12(14(21-28-7)13-8(17)3-2-4-9(13)18)15(24)27-6-10(23)20-16-19-5-11(29-16)22(25)26/h2-5H,6H2,1H3,(H,19,20,23). The predicted molar refractivity (Wildman–Crippen MR) is 99.3 cm³/mol. The third kappa shape index (κ3) is 4.38. The first-order valence-electron chi connectivity index (χ1n) is 7.75. The van der Waals surface area contributed by atoms with Crippen LogP contribution in [0.3, 0.4) is 0 Å². The average Bonchev–Trinajstić information content (AvgIpc) is 3.27. The number of benzene rings is 1. The second-order valence-electron chi connectivity index (χ2n) is 5.44. The predicted octanol–water partition coefficient (Wildman–Crippen LogP) is 3.60. The van der Waals surface area contributed by atoms with E-state index in [-0.39, 0.29) is 37.7 Å². The van der Waals surface area contributed by atoms with E-state index in [1.54, 1.807) is 0 Å². The topological polar surface area (TPSA) is 137 Å². The van der Waals surface area contributed by atoms with Crippen molar-refractivity contribution in [3.8, 4) is 11.3 Å². The maximum Gasteiger partial charge on any atom is 0.345 e. The minimum absolute atomic E-state index is 0.00968. The normalized spacial score (nSPS) is 10.6. The molecule has 0 bridgehead atoms. The molecule has 10 nitrogen and oxygen atoms in total. The van der Waals surface area contributed by atoms with Gasteiger partial charge >= 0.3 is 11.0 Å². The number of amides is 1. The molecule has 0 saturated heterocycles. The smallest absolute Gasteiger partial charge is 0.345 e. The maximum absolute atomic E-state index is 14.2. The molecule has 2 aromatic heterocycles. The van der Waals surface area contributed by atoms with Crippen LogP contribution in [0.5, 0.6) is 0 Å². The van der Waals surface area contributed by atoms with Crippen LogP contribution in [-0.4, -0.2) is 33.5 Å². The zero-order valence-corrected chi connectivity index (χ0v) is 16.0. The lowest BCUT2D eigenvalue weighted by molar-refractivity contribution is -0.380. The lowest BCUT2D eigenvalue weighted by Crippen LogP contribution is -2.21. The first-order chi connectivity index (χ1) is 13.8. The van der Waals surface area contributed by atoms with Gasteiger partial charge in [0, 0.05) is 0 Å². The number of ether oxygens (including phenoxy) is 1. The monoisotopic (exact) mass is 440 g/mol. The maximum atomic E-state index is 14.2. The van der Waals surface area contributed by atoms with E-state index in [4.69, 9.17) is 20.9 Å². The van der Waals surface area contributed by atoms with Crippen molar-refractivity contribution in [2.45, 2.75) is 6.92 Å². The molecule has 1 amide bonds. The summed E-state index contributed by atoms with van der Waals surface area (Å²) >= 11 is 6.64. The Balaban J connectivity index is 1.72. The van der Waals surface area contributed by atoms with Gasteiger partial charge in [-0.2, -0.15) is 0 Å². The zero-order valence-electron chi connectivity index (χ0n) is 14.5. The highest BCUT2D eigenvalue weighted by molar-refractivity contribution is 7.18. The number of aryl methyl sites for hydroxylation is 1. The number of halogens is 2. The van der Waals surface area contributed by atoms with E-state index in [0.717, 1.165) is 12.3 Å². The quantitative estimate of drug-likeness (QED) is 0.348. The summed E-state index contributed by atoms with van der Waals surface area (Å²) in [5.74, 6) is -2.44. The molecular weight excluding hydrogens is 431 g/mol. The number of esters is 1. The van der Waals surface area contributed by atoms with E-state index in [0.29, 0.717) is 11.3 Å². The van der Waals surface area contributed by atoms with Gasteiger partial charge in [-0.05, 0) is 30.4 Å². The number of nitrogens with zero attached hydrogens (tertiary/aromatic N) is 3. The SMILES string of the molecule is Cc1onc(-c2c(F)cccc2Cl)c1C(=O)OCC(=O)Nc1ncc([N+](=O)[O-])s1. The summed E-state index contributed by atoms with van der Waals surface area (Å²) in [7, 11) is 0. The number of anilines is 1. The minimum Gasteiger partial charge on any atom is -0.452 e. The molecule has 0 aliphatic carbocycles. The van der Waals surface area contributed by atoms with Crippen molar-refractivity contribution in [3.63, 3.8) is 0 Å². The average molecular weight is 441 g/mol. The van der Waals surface area contributed by atoms with Crippen LogP contribution in [0.25, 0.3) is 11.3 Å². The molecule has 0 aliphatic heterocycles. The van der Waals surface area contributed by atoms with Crippen molar-refractivity contribution in [2.24, 2.45) is 0 Å². The van der Waals surface area contributed by atoms with E-state index < -0.39 is 29.2 Å². The van der Waals surface area contributed by atoms with Crippen LogP contribution >= 0.6 is 22.9 Å². The molecule has 0 aliphatic rings. The molecule has 0 spiro atoms. The summed E-state index contributed by atoms with van der Waals surface area (Å²) in [6, 6.07) is 3.94. The zero-order chi connectivity index (χ0) is 21.1. The summed E-state index contributed by atoms with van der Waals surface area (Å²) < 4.78 is 24.1. The minimum atomic E-state index is -0.988. The first-order valence-corrected chi connectivity index (χ1v) is 8.95. The highest BCUT2D eigenvalue weighted by Crippen LogP contribution is 2.33. The fourth-order valence-corrected chi connectivity index (χ4v) is 3.17. The second-order valence-corrected chi connectivity index (χ2v) is 6.86. The van der Waals surface area contributed by atoms with E-state index in [2.05, 4.69) is 15.5 Å².